The zero-order valence-electron chi connectivity index (χ0n) is 13.6. The number of hydrogen-bond donors (Lipinski definition) is 2. The Labute approximate surface area is 142 Å². The largest absolute Gasteiger partial charge is 0.323 e. The number of rotatable bonds is 5. The van der Waals surface area contributed by atoms with Crippen LogP contribution in [0, 0.1) is 0 Å². The molecule has 2 aromatic carbocycles. The van der Waals surface area contributed by atoms with Crippen LogP contribution >= 0.6 is 0 Å². The van der Waals surface area contributed by atoms with E-state index in [-0.39, 0.29) is 10.8 Å². The molecule has 1 amide bonds. The number of benzene rings is 2. The van der Waals surface area contributed by atoms with Gasteiger partial charge in [-0.05, 0) is 47.4 Å². The van der Waals surface area contributed by atoms with Gasteiger partial charge in [-0.25, -0.2) is 13.6 Å². The number of primary sulfonamides is 1. The van der Waals surface area contributed by atoms with Crippen molar-refractivity contribution in [2.75, 3.05) is 5.32 Å². The molecule has 2 aromatic rings. The van der Waals surface area contributed by atoms with Gasteiger partial charge in [-0.3, -0.25) is 4.79 Å². The van der Waals surface area contributed by atoms with Crippen molar-refractivity contribution in [1.82, 2.24) is 0 Å². The van der Waals surface area contributed by atoms with Crippen molar-refractivity contribution in [3.05, 3.63) is 65.7 Å². The standard InChI is InChI=1S/C18H20N2O3S/c1-13(2)15-6-3-14(4-7-15)5-12-18(21)20-16-8-10-17(11-9-16)24(19,22)23/h3-13H,1-2H3,(H,20,21)(H2,19,22,23). The number of nitrogens with two attached hydrogens (primary N) is 1. The second kappa shape index (κ2) is 7.42. The summed E-state index contributed by atoms with van der Waals surface area (Å²) in [5.41, 5.74) is 2.66. The van der Waals surface area contributed by atoms with Crippen molar-refractivity contribution < 1.29 is 13.2 Å². The summed E-state index contributed by atoms with van der Waals surface area (Å²) in [6.07, 6.45) is 3.15. The van der Waals surface area contributed by atoms with E-state index in [1.807, 2.05) is 24.3 Å². The van der Waals surface area contributed by atoms with Crippen molar-refractivity contribution in [3.63, 3.8) is 0 Å². The first-order valence-corrected chi connectivity index (χ1v) is 9.02. The predicted octanol–water partition coefficient (Wildman–Crippen LogP) is 3.11. The van der Waals surface area contributed by atoms with Gasteiger partial charge >= 0.3 is 0 Å². The molecule has 0 spiro atoms. The van der Waals surface area contributed by atoms with Crippen LogP contribution in [0.2, 0.25) is 0 Å². The van der Waals surface area contributed by atoms with E-state index >= 15 is 0 Å². The first kappa shape index (κ1) is 17.9. The number of carbonyl (C=O) groups is 1. The average molecular weight is 344 g/mol. The monoisotopic (exact) mass is 344 g/mol. The maximum atomic E-state index is 11.9. The molecular formula is C18H20N2O3S. The molecule has 0 saturated carbocycles. The van der Waals surface area contributed by atoms with E-state index in [0.717, 1.165) is 5.56 Å². The number of nitrogens with one attached hydrogen (secondary N) is 1. The Kier molecular flexibility index (Phi) is 5.54. The van der Waals surface area contributed by atoms with Gasteiger partial charge in [-0.2, -0.15) is 0 Å². The molecule has 0 aliphatic heterocycles. The normalized spacial score (nSPS) is 11.8. The van der Waals surface area contributed by atoms with Crippen molar-refractivity contribution in [2.45, 2.75) is 24.7 Å². The highest BCUT2D eigenvalue weighted by Gasteiger charge is 2.07. The number of hydrogen-bond acceptors (Lipinski definition) is 3. The van der Waals surface area contributed by atoms with E-state index in [1.54, 1.807) is 6.08 Å². The summed E-state index contributed by atoms with van der Waals surface area (Å²) in [5.74, 6) is 0.165. The molecule has 5 nitrogen and oxygen atoms in total. The summed E-state index contributed by atoms with van der Waals surface area (Å²) >= 11 is 0. The zero-order chi connectivity index (χ0) is 17.7. The minimum Gasteiger partial charge on any atom is -0.323 e. The van der Waals surface area contributed by atoms with E-state index in [4.69, 9.17) is 5.14 Å². The van der Waals surface area contributed by atoms with Gasteiger partial charge in [0.25, 0.3) is 0 Å². The van der Waals surface area contributed by atoms with Crippen LogP contribution in [0.1, 0.15) is 30.9 Å². The van der Waals surface area contributed by atoms with Gasteiger partial charge in [0.2, 0.25) is 15.9 Å². The van der Waals surface area contributed by atoms with E-state index < -0.39 is 10.0 Å². The third-order valence-corrected chi connectivity index (χ3v) is 4.41. The third kappa shape index (κ3) is 5.04. The fourth-order valence-corrected chi connectivity index (χ4v) is 2.59. The highest BCUT2D eigenvalue weighted by molar-refractivity contribution is 7.89. The smallest absolute Gasteiger partial charge is 0.248 e. The van der Waals surface area contributed by atoms with E-state index in [2.05, 4.69) is 19.2 Å². The molecule has 0 heterocycles. The lowest BCUT2D eigenvalue weighted by atomic mass is 10.0. The molecule has 0 atom stereocenters. The van der Waals surface area contributed by atoms with Crippen LogP contribution in [-0.2, 0) is 14.8 Å². The molecule has 24 heavy (non-hydrogen) atoms. The Morgan fingerprint density at radius 1 is 1.04 bits per heavy atom. The topological polar surface area (TPSA) is 89.3 Å². The van der Waals surface area contributed by atoms with Crippen molar-refractivity contribution >= 4 is 27.7 Å². The van der Waals surface area contributed by atoms with Crippen LogP contribution in [0.3, 0.4) is 0 Å². The summed E-state index contributed by atoms with van der Waals surface area (Å²) in [6.45, 7) is 4.25. The molecule has 2 rings (SSSR count). The van der Waals surface area contributed by atoms with Crippen LogP contribution in [0.25, 0.3) is 6.08 Å². The first-order valence-electron chi connectivity index (χ1n) is 7.47. The van der Waals surface area contributed by atoms with Gasteiger partial charge in [0.1, 0.15) is 0 Å². The first-order chi connectivity index (χ1) is 11.3. The highest BCUT2D eigenvalue weighted by atomic mass is 32.2. The quantitative estimate of drug-likeness (QED) is 0.817. The van der Waals surface area contributed by atoms with Crippen LogP contribution in [0.15, 0.2) is 59.5 Å². The molecule has 0 saturated heterocycles. The second-order valence-corrected chi connectivity index (χ2v) is 7.27. The molecule has 0 bridgehead atoms. The van der Waals surface area contributed by atoms with Gasteiger partial charge in [-0.1, -0.05) is 38.1 Å². The summed E-state index contributed by atoms with van der Waals surface area (Å²) in [7, 11) is -3.73. The van der Waals surface area contributed by atoms with Gasteiger partial charge in [0.05, 0.1) is 4.90 Å². The number of sulfonamides is 1. The Morgan fingerprint density at radius 2 is 1.62 bits per heavy atom. The second-order valence-electron chi connectivity index (χ2n) is 5.71. The third-order valence-electron chi connectivity index (χ3n) is 3.48. The fraction of sp³-hybridized carbons (Fsp3) is 0.167. The minimum atomic E-state index is -3.73. The van der Waals surface area contributed by atoms with E-state index in [1.165, 1.54) is 35.9 Å². The predicted molar refractivity (Wildman–Crippen MR) is 96.0 cm³/mol. The molecule has 0 aromatic heterocycles. The number of amides is 1. The molecule has 0 fully saturated rings. The zero-order valence-corrected chi connectivity index (χ0v) is 14.4. The summed E-state index contributed by atoms with van der Waals surface area (Å²) in [6, 6.07) is 13.7. The Hall–Kier alpha value is -2.44. The number of carbonyl (C=O) groups excluding carboxylic acids is 1. The molecule has 0 aliphatic carbocycles. The lowest BCUT2D eigenvalue weighted by molar-refractivity contribution is -0.111. The Bertz CT molecular complexity index is 837. The molecule has 6 heteroatoms. The van der Waals surface area contributed by atoms with Crippen molar-refractivity contribution in [3.8, 4) is 0 Å². The lowest BCUT2D eigenvalue weighted by Crippen LogP contribution is -2.12. The Balaban J connectivity index is 2.00. The van der Waals surface area contributed by atoms with Crippen LogP contribution in [0.5, 0.6) is 0 Å². The van der Waals surface area contributed by atoms with Crippen LogP contribution < -0.4 is 10.5 Å². The van der Waals surface area contributed by atoms with Crippen molar-refractivity contribution in [1.29, 1.82) is 0 Å². The molecular weight excluding hydrogens is 324 g/mol. The molecule has 0 radical (unpaired) electrons. The fourth-order valence-electron chi connectivity index (χ4n) is 2.08. The maximum absolute atomic E-state index is 11.9. The van der Waals surface area contributed by atoms with Crippen molar-refractivity contribution in [2.24, 2.45) is 5.14 Å². The minimum absolute atomic E-state index is 0.00119. The highest BCUT2D eigenvalue weighted by Crippen LogP contribution is 2.16. The van der Waals surface area contributed by atoms with Crippen LogP contribution in [-0.4, -0.2) is 14.3 Å². The van der Waals surface area contributed by atoms with Gasteiger partial charge < -0.3 is 5.32 Å². The Morgan fingerprint density at radius 3 is 2.12 bits per heavy atom. The molecule has 0 unspecified atom stereocenters. The van der Waals surface area contributed by atoms with Gasteiger partial charge in [0.15, 0.2) is 0 Å². The van der Waals surface area contributed by atoms with E-state index in [9.17, 15) is 13.2 Å². The SMILES string of the molecule is CC(C)c1ccc(C=CC(=O)Nc2ccc(S(N)(=O)=O)cc2)cc1. The average Bonchev–Trinajstić information content (AvgIpc) is 2.53. The van der Waals surface area contributed by atoms with Gasteiger partial charge in [0, 0.05) is 11.8 Å². The van der Waals surface area contributed by atoms with Gasteiger partial charge in [-0.15, -0.1) is 0 Å². The summed E-state index contributed by atoms with van der Waals surface area (Å²) in [4.78, 5) is 11.9. The van der Waals surface area contributed by atoms with Crippen LogP contribution in [0.4, 0.5) is 5.69 Å². The molecule has 126 valence electrons. The molecule has 3 N–H and O–H groups in total. The summed E-state index contributed by atoms with van der Waals surface area (Å²) in [5, 5.41) is 7.68. The number of anilines is 1. The van der Waals surface area contributed by atoms with E-state index in [0.29, 0.717) is 11.6 Å². The molecule has 0 aliphatic rings. The maximum Gasteiger partial charge on any atom is 0.248 e. The summed E-state index contributed by atoms with van der Waals surface area (Å²) < 4.78 is 22.3. The lowest BCUT2D eigenvalue weighted by Gasteiger charge is -2.05.